The van der Waals surface area contributed by atoms with Crippen molar-refractivity contribution >= 4 is 11.9 Å². The Balaban J connectivity index is 1.70. The number of carbonyl (C=O) groups excluding carboxylic acids is 1. The molecule has 0 unspecified atom stereocenters. The molecule has 2 aromatic carbocycles. The number of nitrogens with zero attached hydrogens (tertiary/aromatic N) is 2. The first kappa shape index (κ1) is 16.4. The molecule has 0 aliphatic rings. The van der Waals surface area contributed by atoms with E-state index < -0.39 is 17.9 Å². The number of rotatable bonds is 6. The minimum atomic E-state index is -1.06. The smallest absolute Gasteiger partial charge is 0.326 e. The molecule has 0 fully saturated rings. The first-order chi connectivity index (χ1) is 12.1. The minimum Gasteiger partial charge on any atom is -0.480 e. The monoisotopic (exact) mass is 335 g/mol. The molecule has 126 valence electrons. The lowest BCUT2D eigenvalue weighted by Gasteiger charge is -2.15. The summed E-state index contributed by atoms with van der Waals surface area (Å²) in [4.78, 5) is 23.8. The number of carboxylic acids is 1. The topological polar surface area (TPSA) is 84.2 Å². The van der Waals surface area contributed by atoms with Crippen LogP contribution in [0.15, 0.2) is 73.1 Å². The lowest BCUT2D eigenvalue weighted by molar-refractivity contribution is -0.139. The molecule has 0 aliphatic heterocycles. The summed E-state index contributed by atoms with van der Waals surface area (Å²) in [6, 6.07) is 16.8. The summed E-state index contributed by atoms with van der Waals surface area (Å²) in [6.45, 7) is 0. The highest BCUT2D eigenvalue weighted by atomic mass is 16.4. The average molecular weight is 335 g/mol. The maximum absolute atomic E-state index is 12.4. The molecule has 0 saturated carbocycles. The second-order valence-corrected chi connectivity index (χ2v) is 5.55. The second-order valence-electron chi connectivity index (χ2n) is 5.55. The molecule has 1 amide bonds. The Kier molecular flexibility index (Phi) is 4.89. The van der Waals surface area contributed by atoms with Gasteiger partial charge in [0.15, 0.2) is 0 Å². The molecule has 2 N–H and O–H groups in total. The van der Waals surface area contributed by atoms with E-state index in [0.717, 1.165) is 11.3 Å². The Morgan fingerprint density at radius 1 is 1.04 bits per heavy atom. The number of amides is 1. The van der Waals surface area contributed by atoms with Crippen molar-refractivity contribution in [2.45, 2.75) is 12.5 Å². The van der Waals surface area contributed by atoms with Crippen LogP contribution in [0.5, 0.6) is 0 Å². The van der Waals surface area contributed by atoms with E-state index >= 15 is 0 Å². The van der Waals surface area contributed by atoms with E-state index in [0.29, 0.717) is 5.56 Å². The van der Waals surface area contributed by atoms with Gasteiger partial charge in [0.05, 0.1) is 5.69 Å². The van der Waals surface area contributed by atoms with Crippen LogP contribution in [-0.2, 0) is 11.2 Å². The maximum Gasteiger partial charge on any atom is 0.326 e. The third-order valence-corrected chi connectivity index (χ3v) is 3.78. The summed E-state index contributed by atoms with van der Waals surface area (Å²) in [5, 5.41) is 16.1. The van der Waals surface area contributed by atoms with Gasteiger partial charge >= 0.3 is 5.97 Å². The Morgan fingerprint density at radius 3 is 2.36 bits per heavy atom. The van der Waals surface area contributed by atoms with E-state index in [1.165, 1.54) is 0 Å². The summed E-state index contributed by atoms with van der Waals surface area (Å²) in [6.07, 6.45) is 3.70. The lowest BCUT2D eigenvalue weighted by atomic mass is 10.1. The van der Waals surface area contributed by atoms with Gasteiger partial charge in [0.1, 0.15) is 6.04 Å². The van der Waals surface area contributed by atoms with E-state index in [2.05, 4.69) is 10.4 Å². The summed E-state index contributed by atoms with van der Waals surface area (Å²) < 4.78 is 1.68. The first-order valence-corrected chi connectivity index (χ1v) is 7.81. The zero-order valence-electron chi connectivity index (χ0n) is 13.4. The molecular weight excluding hydrogens is 318 g/mol. The van der Waals surface area contributed by atoms with Crippen LogP contribution in [0, 0.1) is 0 Å². The molecule has 25 heavy (non-hydrogen) atoms. The number of carbonyl (C=O) groups is 2. The van der Waals surface area contributed by atoms with Gasteiger partial charge in [0.25, 0.3) is 5.91 Å². The number of aromatic nitrogens is 2. The van der Waals surface area contributed by atoms with Crippen LogP contribution in [0.4, 0.5) is 0 Å². The molecule has 0 radical (unpaired) electrons. The molecule has 0 bridgehead atoms. The van der Waals surface area contributed by atoms with Crippen LogP contribution in [0.3, 0.4) is 0 Å². The number of carboxylic acid groups (broad SMARTS) is 1. The Hall–Kier alpha value is -3.41. The Morgan fingerprint density at radius 2 is 1.76 bits per heavy atom. The van der Waals surface area contributed by atoms with Crippen molar-refractivity contribution in [3.05, 3.63) is 84.2 Å². The zero-order chi connectivity index (χ0) is 17.6. The van der Waals surface area contributed by atoms with Gasteiger partial charge in [-0.15, -0.1) is 0 Å². The minimum absolute atomic E-state index is 0.229. The van der Waals surface area contributed by atoms with Crippen LogP contribution in [0.25, 0.3) is 5.69 Å². The van der Waals surface area contributed by atoms with Gasteiger partial charge in [-0.1, -0.05) is 30.3 Å². The van der Waals surface area contributed by atoms with Crippen LogP contribution in [0.1, 0.15) is 15.9 Å². The summed E-state index contributed by atoms with van der Waals surface area (Å²) in [5.74, 6) is -1.49. The average Bonchev–Trinajstić information content (AvgIpc) is 3.16. The highest BCUT2D eigenvalue weighted by Crippen LogP contribution is 2.10. The normalized spacial score (nSPS) is 11.7. The van der Waals surface area contributed by atoms with Crippen molar-refractivity contribution in [1.29, 1.82) is 0 Å². The van der Waals surface area contributed by atoms with Crippen molar-refractivity contribution in [2.24, 2.45) is 0 Å². The molecule has 3 rings (SSSR count). The molecule has 1 heterocycles. The largest absolute Gasteiger partial charge is 0.480 e. The number of hydrogen-bond acceptors (Lipinski definition) is 3. The summed E-state index contributed by atoms with van der Waals surface area (Å²) >= 11 is 0. The molecule has 6 nitrogen and oxygen atoms in total. The van der Waals surface area contributed by atoms with Crippen molar-refractivity contribution in [3.8, 4) is 5.69 Å². The van der Waals surface area contributed by atoms with Crippen molar-refractivity contribution in [3.63, 3.8) is 0 Å². The number of nitrogens with one attached hydrogen (secondary N) is 1. The molecule has 1 atom stereocenters. The van der Waals surface area contributed by atoms with E-state index in [4.69, 9.17) is 0 Å². The predicted molar refractivity (Wildman–Crippen MR) is 92.6 cm³/mol. The van der Waals surface area contributed by atoms with Gasteiger partial charge < -0.3 is 10.4 Å². The third kappa shape index (κ3) is 4.11. The quantitative estimate of drug-likeness (QED) is 0.724. The third-order valence-electron chi connectivity index (χ3n) is 3.78. The van der Waals surface area contributed by atoms with Crippen LogP contribution >= 0.6 is 0 Å². The fraction of sp³-hybridized carbons (Fsp3) is 0.105. The van der Waals surface area contributed by atoms with Crippen LogP contribution < -0.4 is 5.32 Å². The number of hydrogen-bond donors (Lipinski definition) is 2. The fourth-order valence-electron chi connectivity index (χ4n) is 2.48. The van der Waals surface area contributed by atoms with Gasteiger partial charge in [-0.3, -0.25) is 4.79 Å². The van der Waals surface area contributed by atoms with E-state index in [1.54, 1.807) is 41.3 Å². The molecule has 6 heteroatoms. The van der Waals surface area contributed by atoms with Gasteiger partial charge in [0.2, 0.25) is 0 Å². The maximum atomic E-state index is 12.4. The van der Waals surface area contributed by atoms with Gasteiger partial charge in [-0.25, -0.2) is 9.48 Å². The van der Waals surface area contributed by atoms with Crippen LogP contribution in [-0.4, -0.2) is 32.8 Å². The van der Waals surface area contributed by atoms with Gasteiger partial charge in [-0.2, -0.15) is 5.10 Å². The van der Waals surface area contributed by atoms with E-state index in [-0.39, 0.29) is 6.42 Å². The fourth-order valence-corrected chi connectivity index (χ4v) is 2.48. The lowest BCUT2D eigenvalue weighted by Crippen LogP contribution is -2.42. The molecule has 1 aromatic heterocycles. The molecule has 0 saturated heterocycles. The van der Waals surface area contributed by atoms with Crippen LogP contribution in [0.2, 0.25) is 0 Å². The summed E-state index contributed by atoms with van der Waals surface area (Å²) in [5.41, 5.74) is 2.07. The number of benzene rings is 2. The molecule has 0 spiro atoms. The van der Waals surface area contributed by atoms with E-state index in [1.807, 2.05) is 36.4 Å². The summed E-state index contributed by atoms with van der Waals surface area (Å²) in [7, 11) is 0. The molecule has 0 aliphatic carbocycles. The number of aliphatic carboxylic acids is 1. The Bertz CT molecular complexity index is 843. The Labute approximate surface area is 144 Å². The van der Waals surface area contributed by atoms with E-state index in [9.17, 15) is 14.7 Å². The molecule has 3 aromatic rings. The second kappa shape index (κ2) is 7.44. The highest BCUT2D eigenvalue weighted by Gasteiger charge is 2.21. The van der Waals surface area contributed by atoms with Crippen molar-refractivity contribution in [1.82, 2.24) is 15.1 Å². The highest BCUT2D eigenvalue weighted by molar-refractivity contribution is 5.96. The predicted octanol–water partition coefficient (Wildman–Crippen LogP) is 2.30. The first-order valence-electron chi connectivity index (χ1n) is 7.81. The molecular formula is C19H17N3O3. The standard InChI is InChI=1S/C19H17N3O3/c23-18(15-7-9-16(10-8-15)22-12-4-11-20-22)21-17(19(24)25)13-14-5-2-1-3-6-14/h1-12,17H,13H2,(H,21,23)(H,24,25)/t17-/m0/s1. The van der Waals surface area contributed by atoms with Crippen molar-refractivity contribution in [2.75, 3.05) is 0 Å². The van der Waals surface area contributed by atoms with Gasteiger partial charge in [0, 0.05) is 24.4 Å². The van der Waals surface area contributed by atoms with Gasteiger partial charge in [-0.05, 0) is 35.9 Å². The van der Waals surface area contributed by atoms with Crippen molar-refractivity contribution < 1.29 is 14.7 Å². The SMILES string of the molecule is O=C(N[C@@H](Cc1ccccc1)C(=O)O)c1ccc(-n2cccn2)cc1. The zero-order valence-corrected chi connectivity index (χ0v) is 13.4.